The van der Waals surface area contributed by atoms with Gasteiger partial charge in [0, 0.05) is 18.3 Å². The second kappa shape index (κ2) is 6.36. The van der Waals surface area contributed by atoms with Gasteiger partial charge in [0.2, 0.25) is 0 Å². The van der Waals surface area contributed by atoms with Crippen molar-refractivity contribution in [2.24, 2.45) is 0 Å². The van der Waals surface area contributed by atoms with E-state index in [1.165, 1.54) is 12.2 Å². The highest BCUT2D eigenvalue weighted by molar-refractivity contribution is 7.99. The largest absolute Gasteiger partial charge is 0.388 e. The summed E-state index contributed by atoms with van der Waals surface area (Å²) in [6, 6.07) is 0.566. The Kier molecular flexibility index (Phi) is 5.43. The van der Waals surface area contributed by atoms with Gasteiger partial charge < -0.3 is 10.4 Å². The molecule has 86 valence electrons. The van der Waals surface area contributed by atoms with Crippen molar-refractivity contribution in [2.75, 3.05) is 18.1 Å². The van der Waals surface area contributed by atoms with Gasteiger partial charge in [-0.1, -0.05) is 12.2 Å². The van der Waals surface area contributed by atoms with Gasteiger partial charge in [0.1, 0.15) is 0 Å². The number of rotatable bonds is 7. The molecule has 0 radical (unpaired) electrons. The van der Waals surface area contributed by atoms with Crippen molar-refractivity contribution >= 4 is 11.8 Å². The lowest BCUT2D eigenvalue weighted by Gasteiger charge is -2.27. The van der Waals surface area contributed by atoms with Crippen LogP contribution in [0, 0.1) is 0 Å². The first-order valence-electron chi connectivity index (χ1n) is 5.45. The lowest BCUT2D eigenvalue weighted by atomic mass is 9.95. The van der Waals surface area contributed by atoms with Crippen LogP contribution in [0.5, 0.6) is 0 Å². The van der Waals surface area contributed by atoms with Gasteiger partial charge in [-0.05, 0) is 25.0 Å². The van der Waals surface area contributed by atoms with Gasteiger partial charge in [0.15, 0.2) is 0 Å². The molecule has 1 aliphatic rings. The average Bonchev–Trinajstić information content (AvgIpc) is 2.68. The summed E-state index contributed by atoms with van der Waals surface area (Å²) in [4.78, 5) is 0. The van der Waals surface area contributed by atoms with E-state index >= 15 is 0 Å². The zero-order valence-electron chi connectivity index (χ0n) is 9.24. The molecule has 1 atom stereocenters. The van der Waals surface area contributed by atoms with Gasteiger partial charge in [-0.2, -0.15) is 11.8 Å². The molecule has 15 heavy (non-hydrogen) atoms. The molecule has 1 rings (SSSR count). The van der Waals surface area contributed by atoms with E-state index in [9.17, 15) is 5.11 Å². The topological polar surface area (TPSA) is 32.3 Å². The first kappa shape index (κ1) is 12.8. The molecule has 1 fully saturated rings. The van der Waals surface area contributed by atoms with Crippen molar-refractivity contribution < 1.29 is 5.11 Å². The molecule has 1 aliphatic heterocycles. The molecule has 0 aromatic carbocycles. The Hall–Kier alpha value is -0.250. The second-order valence-electron chi connectivity index (χ2n) is 4.15. The van der Waals surface area contributed by atoms with Crippen molar-refractivity contribution in [3.05, 3.63) is 25.3 Å². The minimum absolute atomic E-state index is 0.566. The smallest absolute Gasteiger partial charge is 0.0839 e. The van der Waals surface area contributed by atoms with Crippen LogP contribution in [0.4, 0.5) is 0 Å². The van der Waals surface area contributed by atoms with Crippen molar-refractivity contribution in [2.45, 2.75) is 30.9 Å². The van der Waals surface area contributed by atoms with Gasteiger partial charge in [-0.3, -0.25) is 0 Å². The zero-order valence-corrected chi connectivity index (χ0v) is 10.1. The Morgan fingerprint density at radius 2 is 2.07 bits per heavy atom. The summed E-state index contributed by atoms with van der Waals surface area (Å²) in [6.07, 6.45) is 5.99. The van der Waals surface area contributed by atoms with E-state index < -0.39 is 5.60 Å². The molecule has 0 unspecified atom stereocenters. The van der Waals surface area contributed by atoms with Crippen LogP contribution in [0.25, 0.3) is 0 Å². The minimum Gasteiger partial charge on any atom is -0.388 e. The highest BCUT2D eigenvalue weighted by atomic mass is 32.2. The van der Waals surface area contributed by atoms with Gasteiger partial charge in [0.05, 0.1) is 5.60 Å². The molecule has 1 heterocycles. The third-order valence-corrected chi connectivity index (χ3v) is 3.86. The maximum Gasteiger partial charge on any atom is 0.0839 e. The quantitative estimate of drug-likeness (QED) is 0.652. The first-order valence-corrected chi connectivity index (χ1v) is 6.61. The van der Waals surface area contributed by atoms with E-state index in [-0.39, 0.29) is 0 Å². The maximum absolute atomic E-state index is 10.3. The van der Waals surface area contributed by atoms with Crippen LogP contribution in [0.15, 0.2) is 25.3 Å². The zero-order chi connectivity index (χ0) is 11.1. The van der Waals surface area contributed by atoms with E-state index in [0.29, 0.717) is 25.4 Å². The lowest BCUT2D eigenvalue weighted by molar-refractivity contribution is 0.0442. The Bertz CT molecular complexity index is 202. The fraction of sp³-hybridized carbons (Fsp3) is 0.667. The van der Waals surface area contributed by atoms with Crippen molar-refractivity contribution in [1.29, 1.82) is 0 Å². The van der Waals surface area contributed by atoms with E-state index in [1.54, 1.807) is 12.2 Å². The fourth-order valence-corrected chi connectivity index (χ4v) is 2.98. The van der Waals surface area contributed by atoms with Crippen LogP contribution in [0.2, 0.25) is 0 Å². The van der Waals surface area contributed by atoms with Gasteiger partial charge in [-0.25, -0.2) is 0 Å². The molecule has 2 N–H and O–H groups in total. The predicted molar refractivity (Wildman–Crippen MR) is 68.3 cm³/mol. The molecular formula is C12H21NOS. The number of hydrogen-bond donors (Lipinski definition) is 2. The van der Waals surface area contributed by atoms with Crippen LogP contribution in [-0.2, 0) is 0 Å². The third-order valence-electron chi connectivity index (χ3n) is 2.70. The minimum atomic E-state index is -0.698. The van der Waals surface area contributed by atoms with E-state index in [0.717, 1.165) is 5.75 Å². The Balaban J connectivity index is 2.35. The predicted octanol–water partition coefficient (Wildman–Crippen LogP) is 1.96. The van der Waals surface area contributed by atoms with Gasteiger partial charge >= 0.3 is 0 Å². The molecule has 0 aromatic rings. The average molecular weight is 227 g/mol. The molecule has 2 nitrogen and oxygen atoms in total. The van der Waals surface area contributed by atoms with Crippen LogP contribution in [0.1, 0.15) is 19.3 Å². The van der Waals surface area contributed by atoms with Crippen molar-refractivity contribution in [3.8, 4) is 0 Å². The van der Waals surface area contributed by atoms with Crippen molar-refractivity contribution in [1.82, 2.24) is 5.32 Å². The summed E-state index contributed by atoms with van der Waals surface area (Å²) in [7, 11) is 0. The second-order valence-corrected chi connectivity index (χ2v) is 5.30. The summed E-state index contributed by atoms with van der Waals surface area (Å²) in [5.74, 6) is 2.40. The Labute approximate surface area is 96.8 Å². The SMILES string of the molecule is C=CCC(O)(CC=C)CN[C@H]1CCSC1. The number of hydrogen-bond acceptors (Lipinski definition) is 3. The molecule has 0 bridgehead atoms. The van der Waals surface area contributed by atoms with Gasteiger partial charge in [0.25, 0.3) is 0 Å². The highest BCUT2D eigenvalue weighted by Crippen LogP contribution is 2.20. The summed E-state index contributed by atoms with van der Waals surface area (Å²) in [6.45, 7) is 8.00. The molecule has 0 spiro atoms. The molecule has 0 aromatic heterocycles. The number of thioether (sulfide) groups is 1. The highest BCUT2D eigenvalue weighted by Gasteiger charge is 2.25. The molecule has 1 saturated heterocycles. The lowest BCUT2D eigenvalue weighted by Crippen LogP contribution is -2.44. The first-order chi connectivity index (χ1) is 7.20. The Morgan fingerprint density at radius 3 is 2.53 bits per heavy atom. The fourth-order valence-electron chi connectivity index (χ4n) is 1.79. The van der Waals surface area contributed by atoms with Crippen LogP contribution in [-0.4, -0.2) is 34.8 Å². The van der Waals surface area contributed by atoms with Crippen LogP contribution in [0.3, 0.4) is 0 Å². The molecular weight excluding hydrogens is 206 g/mol. The van der Waals surface area contributed by atoms with E-state index in [4.69, 9.17) is 0 Å². The summed E-state index contributed by atoms with van der Waals surface area (Å²) < 4.78 is 0. The molecule has 0 saturated carbocycles. The van der Waals surface area contributed by atoms with Crippen molar-refractivity contribution in [3.63, 3.8) is 0 Å². The standard InChI is InChI=1S/C12H21NOS/c1-3-6-12(14,7-4-2)10-13-11-5-8-15-9-11/h3-4,11,13-14H,1-2,5-10H2/t11-/m0/s1. The monoisotopic (exact) mass is 227 g/mol. The van der Waals surface area contributed by atoms with Gasteiger partial charge in [-0.15, -0.1) is 13.2 Å². The molecule has 0 amide bonds. The van der Waals surface area contributed by atoms with E-state index in [1.807, 2.05) is 11.8 Å². The summed E-state index contributed by atoms with van der Waals surface area (Å²) in [5.41, 5.74) is -0.698. The molecule has 0 aliphatic carbocycles. The summed E-state index contributed by atoms with van der Waals surface area (Å²) in [5, 5.41) is 13.7. The van der Waals surface area contributed by atoms with Crippen LogP contribution < -0.4 is 5.32 Å². The number of nitrogens with one attached hydrogen (secondary N) is 1. The maximum atomic E-state index is 10.3. The van der Waals surface area contributed by atoms with E-state index in [2.05, 4.69) is 18.5 Å². The summed E-state index contributed by atoms with van der Waals surface area (Å²) >= 11 is 1.98. The number of aliphatic hydroxyl groups is 1. The third kappa shape index (κ3) is 4.41. The normalized spacial score (nSPS) is 21.5. The molecule has 3 heteroatoms. The Morgan fingerprint density at radius 1 is 1.40 bits per heavy atom. The van der Waals surface area contributed by atoms with Crippen LogP contribution >= 0.6 is 11.8 Å².